The number of benzene rings is 1. The van der Waals surface area contributed by atoms with Gasteiger partial charge in [-0.25, -0.2) is 4.98 Å². The van der Waals surface area contributed by atoms with Crippen LogP contribution in [0.25, 0.3) is 0 Å². The van der Waals surface area contributed by atoms with Crippen LogP contribution in [0.4, 0.5) is 5.82 Å². The van der Waals surface area contributed by atoms with Gasteiger partial charge in [0.1, 0.15) is 17.4 Å². The summed E-state index contributed by atoms with van der Waals surface area (Å²) in [5, 5.41) is 3.68. The number of carbonyl (C=O) groups is 2. The number of ether oxygens (including phenoxy) is 1. The van der Waals surface area contributed by atoms with Crippen LogP contribution in [0, 0.1) is 23.2 Å². The van der Waals surface area contributed by atoms with Crippen LogP contribution in [0.5, 0.6) is 5.75 Å². The highest BCUT2D eigenvalue weighted by molar-refractivity contribution is 6.30. The van der Waals surface area contributed by atoms with Gasteiger partial charge < -0.3 is 10.1 Å². The number of halogens is 1. The highest BCUT2D eigenvalue weighted by Crippen LogP contribution is 2.62. The number of methoxy groups -OCH3 is 1. The summed E-state index contributed by atoms with van der Waals surface area (Å²) in [7, 11) is 1.59. The maximum Gasteiger partial charge on any atom is 0.225 e. The van der Waals surface area contributed by atoms with Gasteiger partial charge in [-0.1, -0.05) is 24.6 Å². The number of aryl methyl sites for hydroxylation is 1. The summed E-state index contributed by atoms with van der Waals surface area (Å²) >= 11 is 6.26. The molecule has 1 aromatic heterocycles. The van der Waals surface area contributed by atoms with E-state index in [-0.39, 0.29) is 17.2 Å². The van der Waals surface area contributed by atoms with Crippen molar-refractivity contribution >= 4 is 29.1 Å². The van der Waals surface area contributed by atoms with Gasteiger partial charge in [0.15, 0.2) is 0 Å². The maximum absolute atomic E-state index is 13.2. The predicted molar refractivity (Wildman–Crippen MR) is 129 cm³/mol. The molecule has 1 amide bonds. The molecule has 0 radical (unpaired) electrons. The first-order valence-corrected chi connectivity index (χ1v) is 12.4. The lowest BCUT2D eigenvalue weighted by atomic mass is 9.54. The van der Waals surface area contributed by atoms with Crippen molar-refractivity contribution in [1.29, 1.82) is 0 Å². The third-order valence-corrected chi connectivity index (χ3v) is 8.74. The van der Waals surface area contributed by atoms with E-state index in [4.69, 9.17) is 16.3 Å². The third-order valence-electron chi connectivity index (χ3n) is 8.51. The number of amides is 1. The molecule has 0 spiro atoms. The summed E-state index contributed by atoms with van der Waals surface area (Å²) in [4.78, 5) is 30.1. The molecule has 1 heterocycles. The Morgan fingerprint density at radius 3 is 2.94 bits per heavy atom. The second-order valence-corrected chi connectivity index (χ2v) is 10.6. The van der Waals surface area contributed by atoms with E-state index in [1.807, 2.05) is 6.07 Å². The van der Waals surface area contributed by atoms with E-state index < -0.39 is 0 Å². The van der Waals surface area contributed by atoms with Crippen LogP contribution >= 0.6 is 11.6 Å². The Morgan fingerprint density at radius 1 is 1.27 bits per heavy atom. The van der Waals surface area contributed by atoms with Gasteiger partial charge in [-0.3, -0.25) is 9.59 Å². The van der Waals surface area contributed by atoms with Gasteiger partial charge in [-0.2, -0.15) is 0 Å². The Kier molecular flexibility index (Phi) is 5.94. The number of carbonyl (C=O) groups excluding carboxylic acids is 2. The van der Waals surface area contributed by atoms with E-state index >= 15 is 0 Å². The number of pyridine rings is 1. The zero-order valence-electron chi connectivity index (χ0n) is 19.3. The number of fused-ring (bicyclic) bond motifs is 5. The van der Waals surface area contributed by atoms with E-state index in [0.29, 0.717) is 47.9 Å². The first-order valence-electron chi connectivity index (χ1n) is 12.0. The molecule has 1 N–H and O–H groups in total. The van der Waals surface area contributed by atoms with Crippen molar-refractivity contribution in [3.05, 3.63) is 52.7 Å². The molecule has 0 bridgehead atoms. The van der Waals surface area contributed by atoms with Gasteiger partial charge in [0.2, 0.25) is 5.91 Å². The molecule has 3 aliphatic rings. The van der Waals surface area contributed by atoms with Gasteiger partial charge in [0.25, 0.3) is 0 Å². The second-order valence-electron chi connectivity index (χ2n) is 10.2. The number of Topliss-reactive ketones (excluding diaryl/α,β-unsaturated/α-hetero) is 1. The van der Waals surface area contributed by atoms with Crippen LogP contribution in [-0.2, 0) is 16.0 Å². The summed E-state index contributed by atoms with van der Waals surface area (Å²) in [5.74, 6) is 3.07. The second kappa shape index (κ2) is 8.75. The van der Waals surface area contributed by atoms with E-state index in [1.54, 1.807) is 25.4 Å². The number of anilines is 1. The molecule has 2 saturated carbocycles. The Balaban J connectivity index is 1.31. The molecule has 0 aliphatic heterocycles. The van der Waals surface area contributed by atoms with E-state index in [2.05, 4.69) is 29.4 Å². The van der Waals surface area contributed by atoms with Crippen LogP contribution in [0.15, 0.2) is 36.5 Å². The minimum absolute atomic E-state index is 0.0622. The smallest absolute Gasteiger partial charge is 0.225 e. The van der Waals surface area contributed by atoms with Crippen molar-refractivity contribution in [1.82, 2.24) is 4.98 Å². The Hall–Kier alpha value is -2.40. The average molecular weight is 467 g/mol. The minimum Gasteiger partial charge on any atom is -0.497 e. The summed E-state index contributed by atoms with van der Waals surface area (Å²) in [6.07, 6.45) is 7.47. The molecular weight excluding hydrogens is 436 g/mol. The molecular formula is C27H31ClN2O3. The fraction of sp³-hybridized carbons (Fsp3) is 0.519. The Bertz CT molecular complexity index is 1090. The minimum atomic E-state index is -0.249. The third kappa shape index (κ3) is 4.05. The number of rotatable bonds is 5. The van der Waals surface area contributed by atoms with Crippen LogP contribution in [0.1, 0.15) is 62.5 Å². The van der Waals surface area contributed by atoms with Crippen molar-refractivity contribution in [2.24, 2.45) is 23.2 Å². The zero-order valence-corrected chi connectivity index (χ0v) is 20.0. The van der Waals surface area contributed by atoms with Gasteiger partial charge in [0, 0.05) is 35.5 Å². The molecule has 1 aromatic carbocycles. The van der Waals surface area contributed by atoms with Crippen LogP contribution in [-0.4, -0.2) is 23.8 Å². The van der Waals surface area contributed by atoms with Crippen molar-refractivity contribution in [2.45, 2.75) is 57.8 Å². The number of nitrogens with zero attached hydrogens (tertiary/aromatic N) is 1. The van der Waals surface area contributed by atoms with Crippen molar-refractivity contribution in [2.75, 3.05) is 12.4 Å². The highest BCUT2D eigenvalue weighted by atomic mass is 35.5. The van der Waals surface area contributed by atoms with Crippen LogP contribution in [0.3, 0.4) is 0 Å². The lowest BCUT2D eigenvalue weighted by molar-refractivity contribution is -0.129. The number of hydrogen-bond acceptors (Lipinski definition) is 4. The van der Waals surface area contributed by atoms with Crippen LogP contribution < -0.4 is 10.1 Å². The fourth-order valence-electron chi connectivity index (χ4n) is 7.00. The summed E-state index contributed by atoms with van der Waals surface area (Å²) < 4.78 is 5.21. The molecule has 5 atom stereocenters. The summed E-state index contributed by atoms with van der Waals surface area (Å²) in [6.45, 7) is 2.19. The molecule has 5 rings (SSSR count). The summed E-state index contributed by atoms with van der Waals surface area (Å²) in [5.41, 5.74) is 2.55. The van der Waals surface area contributed by atoms with E-state index in [9.17, 15) is 9.59 Å². The Morgan fingerprint density at radius 2 is 2.12 bits per heavy atom. The molecule has 2 fully saturated rings. The average Bonchev–Trinajstić information content (AvgIpc) is 3.07. The standard InChI is InChI=1S/C27H31ClN2O3/c1-27-11-9-21-20-7-5-18(28)13-16(20)3-6-22(21)26(27)17(14-23(27)31)4-8-25(32)30-24-15-19(33-2)10-12-29-24/h5,7,10,12-13,15,17,21-22,26H,3-4,6,8-9,11,14H2,1-2H3,(H,29,30,32)/t17-,21?,22?,26?,27-/m1/s1. The zero-order chi connectivity index (χ0) is 23.2. The Labute approximate surface area is 200 Å². The lowest BCUT2D eigenvalue weighted by Gasteiger charge is -2.50. The number of nitrogens with one attached hydrogen (secondary N) is 1. The molecule has 3 aliphatic carbocycles. The SMILES string of the molecule is COc1ccnc(NC(=O)CC[C@@H]2CC(=O)[C@@]3(C)CCC4c5ccc(Cl)cc5CCC4C23)c1. The van der Waals surface area contributed by atoms with E-state index in [0.717, 1.165) is 37.1 Å². The molecule has 0 saturated heterocycles. The van der Waals surface area contributed by atoms with E-state index in [1.165, 1.54) is 11.1 Å². The van der Waals surface area contributed by atoms with Gasteiger partial charge in [-0.05, 0) is 85.1 Å². The first kappa shape index (κ1) is 22.4. The molecule has 174 valence electrons. The largest absolute Gasteiger partial charge is 0.497 e. The normalized spacial score (nSPS) is 30.2. The number of ketones is 1. The van der Waals surface area contributed by atoms with Gasteiger partial charge in [0.05, 0.1) is 7.11 Å². The van der Waals surface area contributed by atoms with Gasteiger partial charge >= 0.3 is 0 Å². The molecule has 6 heteroatoms. The monoisotopic (exact) mass is 466 g/mol. The first-order chi connectivity index (χ1) is 15.9. The molecule has 3 unspecified atom stereocenters. The molecule has 5 nitrogen and oxygen atoms in total. The summed E-state index contributed by atoms with van der Waals surface area (Å²) in [6, 6.07) is 9.79. The number of hydrogen-bond donors (Lipinski definition) is 1. The molecule has 2 aromatic rings. The quantitative estimate of drug-likeness (QED) is 0.603. The topological polar surface area (TPSA) is 68.3 Å². The van der Waals surface area contributed by atoms with Crippen molar-refractivity contribution in [3.63, 3.8) is 0 Å². The van der Waals surface area contributed by atoms with Gasteiger partial charge in [-0.15, -0.1) is 0 Å². The van der Waals surface area contributed by atoms with Crippen molar-refractivity contribution < 1.29 is 14.3 Å². The maximum atomic E-state index is 13.2. The lowest BCUT2D eigenvalue weighted by Crippen LogP contribution is -2.44. The fourth-order valence-corrected chi connectivity index (χ4v) is 7.20. The van der Waals surface area contributed by atoms with Crippen LogP contribution in [0.2, 0.25) is 5.02 Å². The predicted octanol–water partition coefficient (Wildman–Crippen LogP) is 5.81. The highest BCUT2D eigenvalue weighted by Gasteiger charge is 2.58. The number of aromatic nitrogens is 1. The molecule has 33 heavy (non-hydrogen) atoms. The van der Waals surface area contributed by atoms with Crippen molar-refractivity contribution in [3.8, 4) is 5.75 Å².